The summed E-state index contributed by atoms with van der Waals surface area (Å²) in [6, 6.07) is 12.2. The summed E-state index contributed by atoms with van der Waals surface area (Å²) in [4.78, 5) is 13.1. The number of fused-ring (bicyclic) bond motifs is 1. The van der Waals surface area contributed by atoms with Crippen molar-refractivity contribution < 1.29 is 18.0 Å². The molecule has 1 unspecified atom stereocenters. The van der Waals surface area contributed by atoms with Crippen LogP contribution in [0.2, 0.25) is 0 Å². The molecule has 2 aromatic rings. The molecule has 0 saturated heterocycles. The van der Waals surface area contributed by atoms with E-state index in [2.05, 4.69) is 5.32 Å². The van der Waals surface area contributed by atoms with Crippen molar-refractivity contribution in [3.05, 3.63) is 65.2 Å². The summed E-state index contributed by atoms with van der Waals surface area (Å²) in [5.74, 6) is 0. The van der Waals surface area contributed by atoms with Gasteiger partial charge < -0.3 is 16.0 Å². The van der Waals surface area contributed by atoms with Crippen molar-refractivity contribution in [3.8, 4) is 0 Å². The molecular formula is C18H18F3N3O. The Morgan fingerprint density at radius 2 is 1.96 bits per heavy atom. The molecule has 0 bridgehead atoms. The van der Waals surface area contributed by atoms with Gasteiger partial charge in [-0.05, 0) is 35.7 Å². The Bertz CT molecular complexity index is 776. The molecule has 7 heteroatoms. The van der Waals surface area contributed by atoms with Crippen LogP contribution in [0.15, 0.2) is 48.5 Å². The molecule has 1 aliphatic heterocycles. The van der Waals surface area contributed by atoms with Gasteiger partial charge in [-0.3, -0.25) is 0 Å². The molecule has 1 heterocycles. The Hall–Kier alpha value is -2.70. The first-order chi connectivity index (χ1) is 11.8. The molecule has 4 nitrogen and oxygen atoms in total. The Morgan fingerprint density at radius 1 is 1.20 bits per heavy atom. The van der Waals surface area contributed by atoms with E-state index >= 15 is 0 Å². The molecule has 2 aromatic carbocycles. The number of hydrogen-bond acceptors (Lipinski definition) is 2. The number of nitrogens with one attached hydrogen (secondary N) is 1. The topological polar surface area (TPSA) is 58.4 Å². The third-order valence-corrected chi connectivity index (χ3v) is 4.21. The van der Waals surface area contributed by atoms with Crippen LogP contribution in [0.3, 0.4) is 0 Å². The second-order valence-electron chi connectivity index (χ2n) is 6.12. The van der Waals surface area contributed by atoms with E-state index in [0.29, 0.717) is 25.1 Å². The van der Waals surface area contributed by atoms with Crippen molar-refractivity contribution in [2.24, 2.45) is 5.73 Å². The summed E-state index contributed by atoms with van der Waals surface area (Å²) in [7, 11) is 0. The van der Waals surface area contributed by atoms with Gasteiger partial charge in [0.1, 0.15) is 0 Å². The van der Waals surface area contributed by atoms with Gasteiger partial charge in [-0.25, -0.2) is 4.79 Å². The highest BCUT2D eigenvalue weighted by Gasteiger charge is 2.31. The van der Waals surface area contributed by atoms with Crippen LogP contribution in [0.25, 0.3) is 0 Å². The summed E-state index contributed by atoms with van der Waals surface area (Å²) >= 11 is 0. The number of carbonyl (C=O) groups excluding carboxylic acids is 1. The zero-order chi connectivity index (χ0) is 18.0. The third-order valence-electron chi connectivity index (χ3n) is 4.21. The molecule has 1 atom stereocenters. The summed E-state index contributed by atoms with van der Waals surface area (Å²) in [5, 5.41) is 2.69. The Balaban J connectivity index is 1.87. The molecule has 0 fully saturated rings. The molecule has 3 rings (SSSR count). The molecular weight excluding hydrogens is 331 g/mol. The zero-order valence-electron chi connectivity index (χ0n) is 13.4. The highest BCUT2D eigenvalue weighted by atomic mass is 19.4. The van der Waals surface area contributed by atoms with Gasteiger partial charge in [0, 0.05) is 18.8 Å². The molecule has 0 saturated carbocycles. The number of hydrogen-bond donors (Lipinski definition) is 2. The van der Waals surface area contributed by atoms with E-state index < -0.39 is 17.8 Å². The number of benzene rings is 2. The number of primary amides is 1. The minimum atomic E-state index is -4.37. The quantitative estimate of drug-likeness (QED) is 0.893. The average molecular weight is 349 g/mol. The second kappa shape index (κ2) is 6.66. The normalized spacial score (nSPS) is 17.1. The van der Waals surface area contributed by atoms with Gasteiger partial charge >= 0.3 is 12.2 Å². The van der Waals surface area contributed by atoms with Crippen molar-refractivity contribution in [3.63, 3.8) is 0 Å². The Kier molecular flexibility index (Phi) is 4.57. The number of rotatable bonds is 3. The minimum Gasteiger partial charge on any atom is -0.365 e. The fourth-order valence-electron chi connectivity index (χ4n) is 3.20. The van der Waals surface area contributed by atoms with Crippen LogP contribution < -0.4 is 16.0 Å². The minimum absolute atomic E-state index is 0.182. The number of halogens is 3. The smallest absolute Gasteiger partial charge is 0.365 e. The van der Waals surface area contributed by atoms with Crippen molar-refractivity contribution in [1.82, 2.24) is 5.32 Å². The molecule has 0 aromatic heterocycles. The monoisotopic (exact) mass is 349 g/mol. The van der Waals surface area contributed by atoms with Gasteiger partial charge in [0.05, 0.1) is 11.6 Å². The molecule has 0 radical (unpaired) electrons. The highest BCUT2D eigenvalue weighted by molar-refractivity contribution is 5.72. The molecule has 1 aliphatic rings. The number of alkyl halides is 3. The standard InChI is InChI=1S/C18H18F3N3O/c19-18(20,21)14-6-3-4-12(8-14)10-24-11-15(23-17(22)25)9-13-5-1-2-7-16(13)24/h1-8,15H,9-11H2,(H3,22,23,25). The van der Waals surface area contributed by atoms with Gasteiger partial charge in [0.2, 0.25) is 0 Å². The number of urea groups is 1. The first-order valence-electron chi connectivity index (χ1n) is 7.88. The molecule has 2 amide bonds. The van der Waals surface area contributed by atoms with Crippen LogP contribution in [-0.4, -0.2) is 18.6 Å². The second-order valence-corrected chi connectivity index (χ2v) is 6.12. The van der Waals surface area contributed by atoms with Crippen molar-refractivity contribution in [2.75, 3.05) is 11.4 Å². The predicted molar refractivity (Wildman–Crippen MR) is 89.1 cm³/mol. The van der Waals surface area contributed by atoms with Crippen LogP contribution >= 0.6 is 0 Å². The summed E-state index contributed by atoms with van der Waals surface area (Å²) < 4.78 is 38.7. The maximum atomic E-state index is 12.9. The van der Waals surface area contributed by atoms with Gasteiger partial charge in [-0.1, -0.05) is 30.3 Å². The summed E-state index contributed by atoms with van der Waals surface area (Å²) in [6.07, 6.45) is -3.73. The Labute approximate surface area is 143 Å². The van der Waals surface area contributed by atoms with Crippen LogP contribution in [0.5, 0.6) is 0 Å². The number of nitrogens with two attached hydrogens (primary N) is 1. The van der Waals surface area contributed by atoms with Gasteiger partial charge in [-0.2, -0.15) is 13.2 Å². The average Bonchev–Trinajstić information content (AvgIpc) is 2.54. The molecule has 25 heavy (non-hydrogen) atoms. The maximum Gasteiger partial charge on any atom is 0.416 e. The van der Waals surface area contributed by atoms with Crippen LogP contribution in [0.1, 0.15) is 16.7 Å². The maximum absolute atomic E-state index is 12.9. The molecule has 0 aliphatic carbocycles. The van der Waals surface area contributed by atoms with Crippen molar-refractivity contribution in [2.45, 2.75) is 25.2 Å². The van der Waals surface area contributed by atoms with E-state index in [9.17, 15) is 18.0 Å². The molecule has 3 N–H and O–H groups in total. The largest absolute Gasteiger partial charge is 0.416 e. The van der Waals surface area contributed by atoms with Gasteiger partial charge in [0.15, 0.2) is 0 Å². The first-order valence-corrected chi connectivity index (χ1v) is 7.88. The number of nitrogens with zero attached hydrogens (tertiary/aromatic N) is 1. The van der Waals surface area contributed by atoms with Gasteiger partial charge in [-0.15, -0.1) is 0 Å². The highest BCUT2D eigenvalue weighted by Crippen LogP contribution is 2.32. The summed E-state index contributed by atoms with van der Waals surface area (Å²) in [5.41, 5.74) is 7.10. The number of para-hydroxylation sites is 1. The van der Waals surface area contributed by atoms with Crippen molar-refractivity contribution >= 4 is 11.7 Å². The van der Waals surface area contributed by atoms with E-state index in [1.165, 1.54) is 6.07 Å². The number of anilines is 1. The van der Waals surface area contributed by atoms with E-state index in [0.717, 1.165) is 23.4 Å². The fourth-order valence-corrected chi connectivity index (χ4v) is 3.20. The predicted octanol–water partition coefficient (Wildman–Crippen LogP) is 3.31. The zero-order valence-corrected chi connectivity index (χ0v) is 13.4. The summed E-state index contributed by atoms with van der Waals surface area (Å²) in [6.45, 7) is 0.800. The van der Waals surface area contributed by atoms with Crippen LogP contribution in [0, 0.1) is 0 Å². The Morgan fingerprint density at radius 3 is 2.68 bits per heavy atom. The number of amides is 2. The fraction of sp³-hybridized carbons (Fsp3) is 0.278. The number of carbonyl (C=O) groups is 1. The van der Waals surface area contributed by atoms with E-state index in [4.69, 9.17) is 5.73 Å². The lowest BCUT2D eigenvalue weighted by atomic mass is 9.97. The van der Waals surface area contributed by atoms with Crippen molar-refractivity contribution in [1.29, 1.82) is 0 Å². The van der Waals surface area contributed by atoms with E-state index in [-0.39, 0.29) is 6.04 Å². The lowest BCUT2D eigenvalue weighted by molar-refractivity contribution is -0.137. The first kappa shape index (κ1) is 17.1. The molecule has 0 spiro atoms. The lowest BCUT2D eigenvalue weighted by Crippen LogP contribution is -2.49. The third kappa shape index (κ3) is 4.04. The van der Waals surface area contributed by atoms with Crippen LogP contribution in [0.4, 0.5) is 23.7 Å². The molecule has 132 valence electrons. The lowest BCUT2D eigenvalue weighted by Gasteiger charge is -2.36. The SMILES string of the molecule is NC(=O)NC1Cc2ccccc2N(Cc2cccc(C(F)(F)F)c2)C1. The van der Waals surface area contributed by atoms with Gasteiger partial charge in [0.25, 0.3) is 0 Å². The van der Waals surface area contributed by atoms with Crippen LogP contribution in [-0.2, 0) is 19.1 Å². The van der Waals surface area contributed by atoms with E-state index in [1.807, 2.05) is 29.2 Å². The van der Waals surface area contributed by atoms with E-state index in [1.54, 1.807) is 6.07 Å².